The van der Waals surface area contributed by atoms with Crippen LogP contribution in [-0.4, -0.2) is 20.2 Å². The number of H-pyrrole nitrogens is 2. The summed E-state index contributed by atoms with van der Waals surface area (Å²) in [6.07, 6.45) is 8.98. The molecule has 0 amide bonds. The van der Waals surface area contributed by atoms with Crippen molar-refractivity contribution in [1.82, 2.24) is 20.2 Å². The fourth-order valence-electron chi connectivity index (χ4n) is 3.36. The van der Waals surface area contributed by atoms with Crippen LogP contribution in [0.3, 0.4) is 0 Å². The van der Waals surface area contributed by atoms with Gasteiger partial charge in [-0.15, -0.1) is 22.7 Å². The summed E-state index contributed by atoms with van der Waals surface area (Å²) in [5.41, 5.74) is 3.07. The van der Waals surface area contributed by atoms with Crippen LogP contribution in [0.15, 0.2) is 53.5 Å². The molecule has 118 valence electrons. The van der Waals surface area contributed by atoms with E-state index in [0.29, 0.717) is 0 Å². The molecule has 0 aromatic carbocycles. The Morgan fingerprint density at radius 2 is 1.88 bits per heavy atom. The summed E-state index contributed by atoms with van der Waals surface area (Å²) in [6.45, 7) is 0. The number of hydrogen-bond donors (Lipinski definition) is 2. The maximum Gasteiger partial charge on any atom is 0.158 e. The SMILES string of the molecule is C1=CC(c2cccs2)(c2cccs2)Cc2[nH]nc(-c3ncc[nH]3)c21. The molecule has 0 bridgehead atoms. The fraction of sp³-hybridized carbons (Fsp3) is 0.111. The highest BCUT2D eigenvalue weighted by Gasteiger charge is 2.38. The smallest absolute Gasteiger partial charge is 0.158 e. The van der Waals surface area contributed by atoms with Gasteiger partial charge in [-0.2, -0.15) is 5.10 Å². The van der Waals surface area contributed by atoms with Gasteiger partial charge in [0.15, 0.2) is 5.82 Å². The van der Waals surface area contributed by atoms with Crippen molar-refractivity contribution < 1.29 is 0 Å². The van der Waals surface area contributed by atoms with Crippen LogP contribution in [-0.2, 0) is 11.8 Å². The van der Waals surface area contributed by atoms with E-state index in [9.17, 15) is 0 Å². The molecule has 4 aromatic heterocycles. The predicted octanol–water partition coefficient (Wildman–Crippen LogP) is 4.48. The molecule has 0 atom stereocenters. The van der Waals surface area contributed by atoms with Gasteiger partial charge in [0.2, 0.25) is 0 Å². The van der Waals surface area contributed by atoms with Crippen LogP contribution >= 0.6 is 22.7 Å². The van der Waals surface area contributed by atoms with Crippen molar-refractivity contribution in [3.63, 3.8) is 0 Å². The van der Waals surface area contributed by atoms with Gasteiger partial charge in [0, 0.05) is 39.8 Å². The molecule has 6 heteroatoms. The molecule has 24 heavy (non-hydrogen) atoms. The molecule has 4 heterocycles. The maximum atomic E-state index is 4.51. The molecule has 4 aromatic rings. The Balaban J connectivity index is 1.66. The summed E-state index contributed by atoms with van der Waals surface area (Å²) in [7, 11) is 0. The van der Waals surface area contributed by atoms with E-state index >= 15 is 0 Å². The molecule has 1 aliphatic carbocycles. The van der Waals surface area contributed by atoms with Gasteiger partial charge in [-0.1, -0.05) is 24.3 Å². The molecular formula is C18H14N4S2. The third-order valence-corrected chi connectivity index (χ3v) is 6.61. The number of fused-ring (bicyclic) bond motifs is 1. The zero-order valence-electron chi connectivity index (χ0n) is 12.7. The molecule has 5 rings (SSSR count). The number of hydrogen-bond acceptors (Lipinski definition) is 4. The second-order valence-corrected chi connectivity index (χ2v) is 7.73. The number of aromatic amines is 2. The summed E-state index contributed by atoms with van der Waals surface area (Å²) >= 11 is 3.62. The van der Waals surface area contributed by atoms with Crippen molar-refractivity contribution in [2.45, 2.75) is 11.8 Å². The first-order chi connectivity index (χ1) is 11.9. The van der Waals surface area contributed by atoms with E-state index in [1.165, 1.54) is 9.75 Å². The summed E-state index contributed by atoms with van der Waals surface area (Å²) in [5.74, 6) is 0.803. The van der Waals surface area contributed by atoms with Gasteiger partial charge in [-0.25, -0.2) is 4.98 Å². The van der Waals surface area contributed by atoms with Gasteiger partial charge in [0.05, 0.1) is 5.41 Å². The monoisotopic (exact) mass is 350 g/mol. The fourth-order valence-corrected chi connectivity index (χ4v) is 5.27. The van der Waals surface area contributed by atoms with Gasteiger partial charge in [0.1, 0.15) is 5.69 Å². The number of aromatic nitrogens is 4. The van der Waals surface area contributed by atoms with Gasteiger partial charge in [0.25, 0.3) is 0 Å². The first-order valence-corrected chi connectivity index (χ1v) is 9.47. The van der Waals surface area contributed by atoms with E-state index in [4.69, 9.17) is 0 Å². The van der Waals surface area contributed by atoms with Crippen LogP contribution in [0.2, 0.25) is 0 Å². The highest BCUT2D eigenvalue weighted by molar-refractivity contribution is 7.11. The largest absolute Gasteiger partial charge is 0.343 e. The van der Waals surface area contributed by atoms with Crippen molar-refractivity contribution in [3.8, 4) is 11.5 Å². The van der Waals surface area contributed by atoms with Gasteiger partial charge < -0.3 is 4.98 Å². The highest BCUT2D eigenvalue weighted by Crippen LogP contribution is 2.45. The lowest BCUT2D eigenvalue weighted by Crippen LogP contribution is -2.28. The zero-order valence-corrected chi connectivity index (χ0v) is 14.3. The summed E-state index contributed by atoms with van der Waals surface area (Å²) in [5, 5.41) is 12.0. The molecule has 0 unspecified atom stereocenters. The van der Waals surface area contributed by atoms with Crippen LogP contribution in [0.4, 0.5) is 0 Å². The number of thiophene rings is 2. The number of rotatable bonds is 3. The normalized spacial score (nSPS) is 15.5. The van der Waals surface area contributed by atoms with E-state index in [1.807, 2.05) is 28.9 Å². The minimum absolute atomic E-state index is 0.109. The van der Waals surface area contributed by atoms with Crippen molar-refractivity contribution in [2.75, 3.05) is 0 Å². The maximum absolute atomic E-state index is 4.51. The standard InChI is InChI=1S/C18H14N4S2/c1-3-14(23-9-1)18(15-4-2-10-24-15)6-5-12-13(11-18)21-22-16(12)17-19-7-8-20-17/h1-10H,11H2,(H,19,20)(H,21,22). The molecule has 0 spiro atoms. The summed E-state index contributed by atoms with van der Waals surface area (Å²) in [6, 6.07) is 8.70. The molecule has 0 aliphatic heterocycles. The van der Waals surface area contributed by atoms with Crippen molar-refractivity contribution >= 4 is 28.7 Å². The molecule has 2 N–H and O–H groups in total. The van der Waals surface area contributed by atoms with E-state index < -0.39 is 0 Å². The number of imidazole rings is 1. The Kier molecular flexibility index (Phi) is 3.08. The van der Waals surface area contributed by atoms with E-state index in [1.54, 1.807) is 6.20 Å². The number of allylic oxidation sites excluding steroid dienone is 1. The quantitative estimate of drug-likeness (QED) is 0.572. The molecule has 0 saturated carbocycles. The Bertz CT molecular complexity index is 942. The van der Waals surface area contributed by atoms with E-state index in [2.05, 4.69) is 67.3 Å². The molecule has 1 aliphatic rings. The Morgan fingerprint density at radius 3 is 2.50 bits per heavy atom. The molecule has 0 radical (unpaired) electrons. The Morgan fingerprint density at radius 1 is 1.08 bits per heavy atom. The lowest BCUT2D eigenvalue weighted by molar-refractivity contribution is 0.645. The van der Waals surface area contributed by atoms with E-state index in [0.717, 1.165) is 29.2 Å². The average Bonchev–Trinajstić information content (AvgIpc) is 3.43. The van der Waals surface area contributed by atoms with Crippen LogP contribution in [0.1, 0.15) is 21.0 Å². The second-order valence-electron chi connectivity index (χ2n) is 5.84. The van der Waals surface area contributed by atoms with Gasteiger partial charge >= 0.3 is 0 Å². The number of nitrogens with one attached hydrogen (secondary N) is 2. The van der Waals surface area contributed by atoms with Crippen LogP contribution in [0.25, 0.3) is 17.6 Å². The third kappa shape index (κ3) is 1.96. The minimum Gasteiger partial charge on any atom is -0.343 e. The van der Waals surface area contributed by atoms with Crippen LogP contribution in [0, 0.1) is 0 Å². The lowest BCUT2D eigenvalue weighted by atomic mass is 9.76. The summed E-state index contributed by atoms with van der Waals surface area (Å²) in [4.78, 5) is 10.2. The number of nitrogens with zero attached hydrogens (tertiary/aromatic N) is 2. The highest BCUT2D eigenvalue weighted by atomic mass is 32.1. The molecule has 0 saturated heterocycles. The van der Waals surface area contributed by atoms with Crippen LogP contribution < -0.4 is 0 Å². The van der Waals surface area contributed by atoms with Crippen LogP contribution in [0.5, 0.6) is 0 Å². The van der Waals surface area contributed by atoms with Crippen molar-refractivity contribution in [3.05, 3.63) is 74.5 Å². The van der Waals surface area contributed by atoms with E-state index in [-0.39, 0.29) is 5.41 Å². The van der Waals surface area contributed by atoms with Crippen molar-refractivity contribution in [1.29, 1.82) is 0 Å². The Hall–Kier alpha value is -2.44. The van der Waals surface area contributed by atoms with Gasteiger partial charge in [-0.05, 0) is 22.9 Å². The van der Waals surface area contributed by atoms with Crippen molar-refractivity contribution in [2.24, 2.45) is 0 Å². The third-order valence-electron chi connectivity index (χ3n) is 4.52. The topological polar surface area (TPSA) is 57.4 Å². The predicted molar refractivity (Wildman–Crippen MR) is 98.3 cm³/mol. The zero-order chi connectivity index (χ0) is 16.0. The second kappa shape index (κ2) is 5.29. The summed E-state index contributed by atoms with van der Waals surface area (Å²) < 4.78 is 0. The average molecular weight is 350 g/mol. The molecule has 4 nitrogen and oxygen atoms in total. The molecule has 0 fully saturated rings. The van der Waals surface area contributed by atoms with Gasteiger partial charge in [-0.3, -0.25) is 5.10 Å². The Labute approximate surface area is 146 Å². The molecular weight excluding hydrogens is 336 g/mol. The lowest BCUT2D eigenvalue weighted by Gasteiger charge is -2.31. The first-order valence-electron chi connectivity index (χ1n) is 7.71. The first kappa shape index (κ1) is 13.9. The minimum atomic E-state index is -0.109.